The van der Waals surface area contributed by atoms with Crippen LogP contribution in [0.5, 0.6) is 23.0 Å². The minimum atomic E-state index is -0.179. The first kappa shape index (κ1) is 30.1. The van der Waals surface area contributed by atoms with E-state index in [1.165, 1.54) is 0 Å². The van der Waals surface area contributed by atoms with Crippen molar-refractivity contribution in [2.75, 3.05) is 52.9 Å². The molecule has 0 atom stereocenters. The number of hydrogen-bond acceptors (Lipinski definition) is 6. The van der Waals surface area contributed by atoms with Crippen LogP contribution in [0.25, 0.3) is 0 Å². The molecule has 6 heteroatoms. The average Bonchev–Trinajstić information content (AvgIpc) is 2.84. The molecule has 38 heavy (non-hydrogen) atoms. The Morgan fingerprint density at radius 3 is 0.789 bits per heavy atom. The monoisotopic (exact) mass is 528 g/mol. The van der Waals surface area contributed by atoms with Crippen LogP contribution >= 0.6 is 0 Å². The van der Waals surface area contributed by atoms with Gasteiger partial charge in [-0.2, -0.15) is 0 Å². The van der Waals surface area contributed by atoms with E-state index in [1.54, 1.807) is 0 Å². The Hall–Kier alpha value is -2.44. The Morgan fingerprint density at radius 1 is 0.368 bits per heavy atom. The largest absolute Gasteiger partial charge is 0.489 e. The Balaban J connectivity index is 1.76. The van der Waals surface area contributed by atoms with Gasteiger partial charge in [-0.25, -0.2) is 0 Å². The van der Waals surface area contributed by atoms with Crippen molar-refractivity contribution in [3.63, 3.8) is 0 Å². The molecule has 6 nitrogen and oxygen atoms in total. The molecule has 0 N–H and O–H groups in total. The van der Waals surface area contributed by atoms with Crippen molar-refractivity contribution in [1.82, 2.24) is 0 Å². The minimum absolute atomic E-state index is 0.179. The minimum Gasteiger partial charge on any atom is -0.489 e. The Morgan fingerprint density at radius 2 is 0.579 bits per heavy atom. The lowest BCUT2D eigenvalue weighted by atomic mass is 9.94. The molecular formula is C32H48O6. The van der Waals surface area contributed by atoms with Crippen LogP contribution in [0, 0.1) is 21.7 Å². The topological polar surface area (TPSA) is 55.4 Å². The summed E-state index contributed by atoms with van der Waals surface area (Å²) in [5.41, 5.74) is -0.717. The summed E-state index contributed by atoms with van der Waals surface area (Å²) < 4.78 is 37.2. The van der Waals surface area contributed by atoms with Crippen molar-refractivity contribution in [2.24, 2.45) is 21.7 Å². The number of benzene rings is 2. The van der Waals surface area contributed by atoms with Crippen molar-refractivity contribution in [2.45, 2.75) is 55.4 Å². The van der Waals surface area contributed by atoms with Gasteiger partial charge in [0.25, 0.3) is 0 Å². The second-order valence-electron chi connectivity index (χ2n) is 13.7. The van der Waals surface area contributed by atoms with Crippen LogP contribution < -0.4 is 18.9 Å². The number of para-hydroxylation sites is 4. The lowest BCUT2D eigenvalue weighted by Gasteiger charge is -2.31. The number of fused-ring (bicyclic) bond motifs is 2. The third-order valence-corrected chi connectivity index (χ3v) is 6.14. The standard InChI is InChI=1S/C32H48O6/c1-29(2)17-33-18-30(3,4)22-37-27-15-11-12-16-28(27)38-24-32(7,8)20-34-19-31(5,6)23-36-26-14-10-9-13-25(26)35-21-29/h9-16H,17-24H2,1-8H3. The summed E-state index contributed by atoms with van der Waals surface area (Å²) in [6.45, 7) is 21.5. The Bertz CT molecular complexity index is 851. The van der Waals surface area contributed by atoms with E-state index in [2.05, 4.69) is 55.4 Å². The molecule has 1 aliphatic rings. The van der Waals surface area contributed by atoms with Gasteiger partial charge in [-0.05, 0) is 24.3 Å². The van der Waals surface area contributed by atoms with Gasteiger partial charge in [-0.15, -0.1) is 0 Å². The third-order valence-electron chi connectivity index (χ3n) is 6.14. The van der Waals surface area contributed by atoms with E-state index < -0.39 is 0 Å². The molecule has 212 valence electrons. The lowest BCUT2D eigenvalue weighted by molar-refractivity contribution is -0.0199. The van der Waals surface area contributed by atoms with E-state index in [0.29, 0.717) is 52.9 Å². The summed E-state index contributed by atoms with van der Waals surface area (Å²) >= 11 is 0. The second kappa shape index (κ2) is 12.6. The summed E-state index contributed by atoms with van der Waals surface area (Å²) in [7, 11) is 0. The van der Waals surface area contributed by atoms with Crippen molar-refractivity contribution in [1.29, 1.82) is 0 Å². The molecular weight excluding hydrogens is 480 g/mol. The van der Waals surface area contributed by atoms with E-state index in [1.807, 2.05) is 48.5 Å². The van der Waals surface area contributed by atoms with Crippen LogP contribution in [0.2, 0.25) is 0 Å². The number of rotatable bonds is 0. The van der Waals surface area contributed by atoms with Crippen LogP contribution in [0.4, 0.5) is 0 Å². The first-order chi connectivity index (χ1) is 17.8. The normalized spacial score (nSPS) is 22.3. The van der Waals surface area contributed by atoms with E-state index in [9.17, 15) is 0 Å². The highest BCUT2D eigenvalue weighted by atomic mass is 16.5. The molecule has 0 saturated heterocycles. The third kappa shape index (κ3) is 10.0. The van der Waals surface area contributed by atoms with Crippen LogP contribution in [0.3, 0.4) is 0 Å². The second-order valence-corrected chi connectivity index (χ2v) is 13.7. The maximum atomic E-state index is 6.23. The summed E-state index contributed by atoms with van der Waals surface area (Å²) in [5, 5.41) is 0. The molecule has 0 radical (unpaired) electrons. The van der Waals surface area contributed by atoms with Gasteiger partial charge in [0.1, 0.15) is 0 Å². The fraction of sp³-hybridized carbons (Fsp3) is 0.625. The molecule has 0 saturated carbocycles. The molecule has 0 aromatic heterocycles. The van der Waals surface area contributed by atoms with Crippen molar-refractivity contribution in [3.8, 4) is 23.0 Å². The highest BCUT2D eigenvalue weighted by Gasteiger charge is 2.27. The van der Waals surface area contributed by atoms with Gasteiger partial charge in [0, 0.05) is 21.7 Å². The molecule has 0 bridgehead atoms. The molecule has 0 amide bonds. The number of ether oxygens (including phenoxy) is 6. The molecule has 0 spiro atoms. The molecule has 0 aliphatic carbocycles. The molecule has 1 heterocycles. The van der Waals surface area contributed by atoms with Crippen molar-refractivity contribution in [3.05, 3.63) is 48.5 Å². The van der Waals surface area contributed by atoms with E-state index in [-0.39, 0.29) is 21.7 Å². The summed E-state index contributed by atoms with van der Waals surface area (Å²) in [4.78, 5) is 0. The van der Waals surface area contributed by atoms with Crippen LogP contribution in [0.1, 0.15) is 55.4 Å². The molecule has 1 aliphatic heterocycles. The maximum absolute atomic E-state index is 6.23. The summed E-state index contributed by atoms with van der Waals surface area (Å²) in [5.74, 6) is 2.96. The average molecular weight is 529 g/mol. The molecule has 2 aromatic carbocycles. The van der Waals surface area contributed by atoms with Crippen LogP contribution in [-0.2, 0) is 9.47 Å². The fourth-order valence-electron chi connectivity index (χ4n) is 3.84. The Kier molecular flexibility index (Phi) is 9.99. The smallest absolute Gasteiger partial charge is 0.161 e. The van der Waals surface area contributed by atoms with Crippen LogP contribution in [-0.4, -0.2) is 52.9 Å². The highest BCUT2D eigenvalue weighted by Crippen LogP contribution is 2.33. The quantitative estimate of drug-likeness (QED) is 0.365. The number of hydrogen-bond donors (Lipinski definition) is 0. The van der Waals surface area contributed by atoms with E-state index >= 15 is 0 Å². The lowest BCUT2D eigenvalue weighted by Crippen LogP contribution is -2.33. The van der Waals surface area contributed by atoms with Gasteiger partial charge >= 0.3 is 0 Å². The summed E-state index contributed by atoms with van der Waals surface area (Å²) in [6, 6.07) is 15.7. The fourth-order valence-corrected chi connectivity index (χ4v) is 3.84. The van der Waals surface area contributed by atoms with Gasteiger partial charge < -0.3 is 28.4 Å². The van der Waals surface area contributed by atoms with Gasteiger partial charge in [0.2, 0.25) is 0 Å². The SMILES string of the molecule is CC1(C)COCC(C)(C)COc2ccccc2OCC(C)(C)COCC(C)(C)COc2ccccc2OC1. The van der Waals surface area contributed by atoms with Crippen LogP contribution in [0.15, 0.2) is 48.5 Å². The Labute approximate surface area is 229 Å². The highest BCUT2D eigenvalue weighted by molar-refractivity contribution is 5.40. The van der Waals surface area contributed by atoms with Gasteiger partial charge in [0.15, 0.2) is 23.0 Å². The maximum Gasteiger partial charge on any atom is 0.161 e. The van der Waals surface area contributed by atoms with E-state index in [4.69, 9.17) is 28.4 Å². The molecule has 0 fully saturated rings. The van der Waals surface area contributed by atoms with Crippen molar-refractivity contribution >= 4 is 0 Å². The molecule has 0 unspecified atom stereocenters. The first-order valence-corrected chi connectivity index (χ1v) is 13.6. The van der Waals surface area contributed by atoms with Crippen molar-refractivity contribution < 1.29 is 28.4 Å². The predicted molar refractivity (Wildman–Crippen MR) is 152 cm³/mol. The van der Waals surface area contributed by atoms with Gasteiger partial charge in [0.05, 0.1) is 52.9 Å². The summed E-state index contributed by atoms with van der Waals surface area (Å²) in [6.07, 6.45) is 0. The molecule has 2 aromatic rings. The van der Waals surface area contributed by atoms with E-state index in [0.717, 1.165) is 23.0 Å². The zero-order valence-electron chi connectivity index (χ0n) is 24.7. The predicted octanol–water partition coefficient (Wildman–Crippen LogP) is 7.05. The zero-order chi connectivity index (χ0) is 27.9. The van der Waals surface area contributed by atoms with Gasteiger partial charge in [-0.1, -0.05) is 79.7 Å². The van der Waals surface area contributed by atoms with Gasteiger partial charge in [-0.3, -0.25) is 0 Å². The zero-order valence-corrected chi connectivity index (χ0v) is 24.7. The first-order valence-electron chi connectivity index (χ1n) is 13.6. The molecule has 3 rings (SSSR count).